The molecule has 3 aromatic rings. The zero-order valence-electron chi connectivity index (χ0n) is 16.1. The molecule has 4 rings (SSSR count). The van der Waals surface area contributed by atoms with Crippen molar-refractivity contribution in [2.75, 3.05) is 5.32 Å². The summed E-state index contributed by atoms with van der Waals surface area (Å²) in [7, 11) is 1.75. The van der Waals surface area contributed by atoms with Crippen molar-refractivity contribution in [3.05, 3.63) is 63.8 Å². The van der Waals surface area contributed by atoms with E-state index < -0.39 is 23.5 Å². The van der Waals surface area contributed by atoms with E-state index in [0.717, 1.165) is 0 Å². The number of Topliss-reactive ketones (excluding diaryl/α,β-unsaturated/α-hetero) is 1. The second kappa shape index (κ2) is 7.92. The third-order valence-corrected chi connectivity index (χ3v) is 6.38. The number of benzene rings is 2. The molecule has 30 heavy (non-hydrogen) atoms. The highest BCUT2D eigenvalue weighted by Crippen LogP contribution is 2.42. The number of anilines is 1. The van der Waals surface area contributed by atoms with E-state index in [9.17, 15) is 23.5 Å². The molecule has 0 radical (unpaired) electrons. The number of aliphatic hydroxyl groups is 1. The molecular formula is C22H19BrF2N2O3. The number of nitrogens with zero attached hydrogens (tertiary/aromatic N) is 1. The number of aromatic nitrogens is 1. The van der Waals surface area contributed by atoms with Crippen LogP contribution in [-0.2, 0) is 23.2 Å². The summed E-state index contributed by atoms with van der Waals surface area (Å²) >= 11 is 3.06. The SMILES string of the molecule is Cn1c(CO)c(C2CC(C(=O)Nc3ccc(Br)c(F)c3)CC2=O)c2cc(F)ccc21. The zero-order chi connectivity index (χ0) is 21.6. The van der Waals surface area contributed by atoms with E-state index in [1.807, 2.05) is 0 Å². The van der Waals surface area contributed by atoms with Crippen LogP contribution < -0.4 is 5.32 Å². The van der Waals surface area contributed by atoms with Gasteiger partial charge in [-0.15, -0.1) is 0 Å². The highest BCUT2D eigenvalue weighted by Gasteiger charge is 2.40. The number of carbonyl (C=O) groups excluding carboxylic acids is 2. The number of fused-ring (bicyclic) bond motifs is 1. The Morgan fingerprint density at radius 1 is 1.27 bits per heavy atom. The van der Waals surface area contributed by atoms with Gasteiger partial charge in [-0.2, -0.15) is 0 Å². The molecule has 2 N–H and O–H groups in total. The van der Waals surface area contributed by atoms with Crippen LogP contribution in [0.15, 0.2) is 40.9 Å². The third kappa shape index (κ3) is 3.54. The van der Waals surface area contributed by atoms with Crippen LogP contribution in [0.2, 0.25) is 0 Å². The number of hydrogen-bond acceptors (Lipinski definition) is 3. The number of ketones is 1. The molecular weight excluding hydrogens is 458 g/mol. The predicted molar refractivity (Wildman–Crippen MR) is 112 cm³/mol. The molecule has 1 amide bonds. The fraction of sp³-hybridized carbons (Fsp3) is 0.273. The molecule has 1 saturated carbocycles. The summed E-state index contributed by atoms with van der Waals surface area (Å²) in [4.78, 5) is 25.5. The Hall–Kier alpha value is -2.58. The van der Waals surface area contributed by atoms with Gasteiger partial charge in [0.15, 0.2) is 0 Å². The number of amides is 1. The van der Waals surface area contributed by atoms with Crippen molar-refractivity contribution < 1.29 is 23.5 Å². The van der Waals surface area contributed by atoms with E-state index in [2.05, 4.69) is 21.2 Å². The van der Waals surface area contributed by atoms with Gasteiger partial charge in [0.05, 0.1) is 11.1 Å². The number of aryl methyl sites for hydroxylation is 1. The zero-order valence-corrected chi connectivity index (χ0v) is 17.7. The lowest BCUT2D eigenvalue weighted by atomic mass is 9.92. The quantitative estimate of drug-likeness (QED) is 0.585. The van der Waals surface area contributed by atoms with E-state index in [1.54, 1.807) is 23.7 Å². The summed E-state index contributed by atoms with van der Waals surface area (Å²) in [6, 6.07) is 8.56. The maximum Gasteiger partial charge on any atom is 0.227 e. The van der Waals surface area contributed by atoms with E-state index in [0.29, 0.717) is 27.8 Å². The van der Waals surface area contributed by atoms with Crippen molar-refractivity contribution in [1.29, 1.82) is 0 Å². The van der Waals surface area contributed by atoms with Crippen LogP contribution in [0.3, 0.4) is 0 Å². The highest BCUT2D eigenvalue weighted by atomic mass is 79.9. The van der Waals surface area contributed by atoms with Crippen molar-refractivity contribution in [3.8, 4) is 0 Å². The minimum absolute atomic E-state index is 0.0338. The van der Waals surface area contributed by atoms with E-state index in [4.69, 9.17) is 0 Å². The summed E-state index contributed by atoms with van der Waals surface area (Å²) in [6.07, 6.45) is 0.276. The third-order valence-electron chi connectivity index (χ3n) is 5.74. The van der Waals surface area contributed by atoms with Crippen molar-refractivity contribution in [2.45, 2.75) is 25.4 Å². The highest BCUT2D eigenvalue weighted by molar-refractivity contribution is 9.10. The van der Waals surface area contributed by atoms with Gasteiger partial charge in [-0.3, -0.25) is 9.59 Å². The van der Waals surface area contributed by atoms with Gasteiger partial charge in [0.2, 0.25) is 5.91 Å². The fourth-order valence-corrected chi connectivity index (χ4v) is 4.51. The van der Waals surface area contributed by atoms with Crippen molar-refractivity contribution in [1.82, 2.24) is 4.57 Å². The number of hydrogen-bond donors (Lipinski definition) is 2. The van der Waals surface area contributed by atoms with Crippen molar-refractivity contribution in [3.63, 3.8) is 0 Å². The Labute approximate surface area is 179 Å². The number of rotatable bonds is 4. The first-order chi connectivity index (χ1) is 14.3. The van der Waals surface area contributed by atoms with Gasteiger partial charge < -0.3 is 15.0 Å². The molecule has 0 saturated heterocycles. The minimum Gasteiger partial charge on any atom is -0.390 e. The molecule has 0 aliphatic heterocycles. The molecule has 1 aliphatic carbocycles. The van der Waals surface area contributed by atoms with Gasteiger partial charge in [0, 0.05) is 47.6 Å². The van der Waals surface area contributed by atoms with Crippen LogP contribution in [0.1, 0.15) is 30.0 Å². The number of carbonyl (C=O) groups is 2. The van der Waals surface area contributed by atoms with Gasteiger partial charge in [0.1, 0.15) is 17.4 Å². The molecule has 2 atom stereocenters. The summed E-state index contributed by atoms with van der Waals surface area (Å²) in [6.45, 7) is -0.305. The van der Waals surface area contributed by atoms with E-state index in [-0.39, 0.29) is 35.6 Å². The molecule has 1 aromatic heterocycles. The fourth-order valence-electron chi connectivity index (χ4n) is 4.26. The Morgan fingerprint density at radius 2 is 2.03 bits per heavy atom. The molecule has 0 bridgehead atoms. The molecule has 1 aliphatic rings. The lowest BCUT2D eigenvalue weighted by Gasteiger charge is -2.13. The van der Waals surface area contributed by atoms with Gasteiger partial charge in [-0.05, 0) is 64.3 Å². The topological polar surface area (TPSA) is 71.3 Å². The van der Waals surface area contributed by atoms with Gasteiger partial charge >= 0.3 is 0 Å². The minimum atomic E-state index is -0.616. The first-order valence-corrected chi connectivity index (χ1v) is 10.3. The van der Waals surface area contributed by atoms with Crippen LogP contribution in [0.25, 0.3) is 10.9 Å². The second-order valence-corrected chi connectivity index (χ2v) is 8.37. The molecule has 1 fully saturated rings. The number of nitrogens with one attached hydrogen (secondary N) is 1. The molecule has 5 nitrogen and oxygen atoms in total. The van der Waals surface area contributed by atoms with Gasteiger partial charge in [-0.25, -0.2) is 8.78 Å². The maximum atomic E-state index is 13.9. The smallest absolute Gasteiger partial charge is 0.227 e. The molecule has 2 unspecified atom stereocenters. The first kappa shape index (κ1) is 20.7. The van der Waals surface area contributed by atoms with Crippen molar-refractivity contribution in [2.24, 2.45) is 13.0 Å². The second-order valence-electron chi connectivity index (χ2n) is 7.51. The molecule has 1 heterocycles. The lowest BCUT2D eigenvalue weighted by Crippen LogP contribution is -2.21. The predicted octanol–water partition coefficient (Wildman–Crippen LogP) is 4.41. The van der Waals surface area contributed by atoms with Gasteiger partial charge in [0.25, 0.3) is 0 Å². The molecule has 156 valence electrons. The lowest BCUT2D eigenvalue weighted by molar-refractivity contribution is -0.123. The Balaban J connectivity index is 1.63. The first-order valence-electron chi connectivity index (χ1n) is 9.46. The van der Waals surface area contributed by atoms with E-state index in [1.165, 1.54) is 24.3 Å². The van der Waals surface area contributed by atoms with Crippen LogP contribution >= 0.6 is 15.9 Å². The van der Waals surface area contributed by atoms with Crippen LogP contribution in [0, 0.1) is 17.6 Å². The van der Waals surface area contributed by atoms with Crippen LogP contribution in [0.5, 0.6) is 0 Å². The van der Waals surface area contributed by atoms with Gasteiger partial charge in [-0.1, -0.05) is 0 Å². The van der Waals surface area contributed by atoms with Crippen LogP contribution in [-0.4, -0.2) is 21.4 Å². The summed E-state index contributed by atoms with van der Waals surface area (Å²) < 4.78 is 29.6. The molecule has 2 aromatic carbocycles. The summed E-state index contributed by atoms with van der Waals surface area (Å²) in [5.74, 6) is -2.65. The van der Waals surface area contributed by atoms with Crippen LogP contribution in [0.4, 0.5) is 14.5 Å². The maximum absolute atomic E-state index is 13.9. The average molecular weight is 477 g/mol. The molecule has 0 spiro atoms. The molecule has 8 heteroatoms. The summed E-state index contributed by atoms with van der Waals surface area (Å²) in [5, 5.41) is 13.1. The summed E-state index contributed by atoms with van der Waals surface area (Å²) in [5.41, 5.74) is 2.12. The normalized spacial score (nSPS) is 18.9. The Kier molecular flexibility index (Phi) is 5.46. The van der Waals surface area contributed by atoms with Crippen molar-refractivity contribution >= 4 is 44.2 Å². The monoisotopic (exact) mass is 476 g/mol. The number of aliphatic hydroxyl groups excluding tert-OH is 1. The Bertz CT molecular complexity index is 1170. The average Bonchev–Trinajstić information content (AvgIpc) is 3.21. The van der Waals surface area contributed by atoms with E-state index >= 15 is 0 Å². The standard InChI is InChI=1S/C22H19BrF2N2O3/c1-27-18-5-2-12(24)8-14(18)21(19(27)10-28)15-6-11(7-20(15)29)22(30)26-13-3-4-16(23)17(25)9-13/h2-5,8-9,11,15,28H,6-7,10H2,1H3,(H,26,30). The Morgan fingerprint density at radius 3 is 2.73 bits per heavy atom. The number of halogens is 3. The largest absolute Gasteiger partial charge is 0.390 e.